The lowest BCUT2D eigenvalue weighted by Crippen LogP contribution is -2.53. The Kier molecular flexibility index (Phi) is 22.3. The molecule has 15 nitrogen and oxygen atoms in total. The van der Waals surface area contributed by atoms with Gasteiger partial charge in [-0.25, -0.2) is 4.79 Å². The van der Waals surface area contributed by atoms with Crippen molar-refractivity contribution >= 4 is 47.2 Å². The molecule has 2 rings (SSSR count). The van der Waals surface area contributed by atoms with Gasteiger partial charge in [0.1, 0.15) is 19.2 Å². The number of unbranched alkanes of at least 4 members (excludes halogenated alkanes) is 1. The average molecular weight is 692 g/mol. The maximum absolute atomic E-state index is 12.7. The Morgan fingerprint density at radius 3 is 2.00 bits per heavy atom. The number of hydrogen-bond donors (Lipinski definition) is 6. The van der Waals surface area contributed by atoms with E-state index in [0.29, 0.717) is 12.2 Å². The Labute approximate surface area is 290 Å². The minimum atomic E-state index is -0.959. The van der Waals surface area contributed by atoms with Crippen LogP contribution in [0.4, 0.5) is 10.5 Å². The quantitative estimate of drug-likeness (QED) is 0.110. The first kappa shape index (κ1) is 44.5. The summed E-state index contributed by atoms with van der Waals surface area (Å²) in [5, 5.41) is 10.2. The summed E-state index contributed by atoms with van der Waals surface area (Å²) in [6.45, 7) is 13.8. The molecule has 1 aliphatic rings. The van der Waals surface area contributed by atoms with Crippen molar-refractivity contribution in [2.45, 2.75) is 93.2 Å². The molecular formula is C34H57N7O8. The number of hydrogen-bond acceptors (Lipinski definition) is 9. The zero-order valence-corrected chi connectivity index (χ0v) is 30.1. The van der Waals surface area contributed by atoms with E-state index in [1.54, 1.807) is 45.0 Å². The van der Waals surface area contributed by atoms with Crippen LogP contribution in [0.15, 0.2) is 24.3 Å². The summed E-state index contributed by atoms with van der Waals surface area (Å²) in [5.74, 6) is -3.54. The van der Waals surface area contributed by atoms with E-state index < -0.39 is 48.2 Å². The number of nitrogens with zero attached hydrogens (tertiary/aromatic N) is 1. The molecule has 1 saturated heterocycles. The summed E-state index contributed by atoms with van der Waals surface area (Å²) in [6.07, 6.45) is 3.68. The normalized spacial score (nSPS) is 14.2. The smallest absolute Gasteiger partial charge is 0.312 e. The van der Waals surface area contributed by atoms with Crippen LogP contribution in [0.5, 0.6) is 0 Å². The second kappa shape index (κ2) is 24.6. The number of amides is 7. The summed E-state index contributed by atoms with van der Waals surface area (Å²) in [6, 6.07) is 5.32. The summed E-state index contributed by atoms with van der Waals surface area (Å²) < 4.78 is 5.05. The van der Waals surface area contributed by atoms with E-state index in [-0.39, 0.29) is 49.7 Å². The number of nitrogens with one attached hydrogen (secondary N) is 4. The minimum Gasteiger partial charge on any atom is -0.461 e. The summed E-state index contributed by atoms with van der Waals surface area (Å²) in [5.41, 5.74) is 11.1. The molecule has 0 bridgehead atoms. The zero-order valence-electron chi connectivity index (χ0n) is 30.1. The summed E-state index contributed by atoms with van der Waals surface area (Å²) in [4.78, 5) is 84.2. The largest absolute Gasteiger partial charge is 0.461 e. The number of esters is 1. The van der Waals surface area contributed by atoms with Crippen LogP contribution < -0.4 is 32.7 Å². The monoisotopic (exact) mass is 691 g/mol. The highest BCUT2D eigenvalue weighted by molar-refractivity contribution is 6.06. The van der Waals surface area contributed by atoms with Crippen molar-refractivity contribution in [1.29, 1.82) is 0 Å². The third-order valence-corrected chi connectivity index (χ3v) is 7.11. The maximum atomic E-state index is 12.7. The standard InChI is InChI=1S/C26H36N4O7.C4H10N2O.C4H11N/c1-6-23(34)37-14-17-7-9-18(10-8-17)28-20(31)12-27-25(35)24(16(4)5)29-21(32)13-30-22(33)11-19(15(2)3)26(30)36;1-2-3-6-4(5)7;1-2-3-4-5/h7-10,15-16,19,24H,6,11-14H2,1-5H3,(H,27,35)(H,28,31)(H,29,32);2-3H2,1H3,(H3,5,6,7);2-5H2,1H3. The Bertz CT molecular complexity index is 1220. The number of ether oxygens (including phenoxy) is 1. The van der Waals surface area contributed by atoms with E-state index in [1.165, 1.54) is 12.8 Å². The van der Waals surface area contributed by atoms with Crippen LogP contribution in [-0.4, -0.2) is 78.7 Å². The first-order valence-corrected chi connectivity index (χ1v) is 16.8. The second-order valence-corrected chi connectivity index (χ2v) is 12.1. The van der Waals surface area contributed by atoms with E-state index in [2.05, 4.69) is 28.2 Å². The highest BCUT2D eigenvalue weighted by atomic mass is 16.5. The summed E-state index contributed by atoms with van der Waals surface area (Å²) in [7, 11) is 0. The molecule has 1 fully saturated rings. The Balaban J connectivity index is 0.00000163. The molecule has 276 valence electrons. The van der Waals surface area contributed by atoms with E-state index in [0.717, 1.165) is 23.4 Å². The lowest BCUT2D eigenvalue weighted by atomic mass is 9.94. The lowest BCUT2D eigenvalue weighted by Gasteiger charge is -2.23. The molecule has 0 aromatic heterocycles. The molecule has 1 aromatic rings. The van der Waals surface area contributed by atoms with Crippen LogP contribution in [-0.2, 0) is 40.1 Å². The van der Waals surface area contributed by atoms with Gasteiger partial charge in [-0.3, -0.25) is 33.7 Å². The molecule has 7 amide bonds. The number of imide groups is 1. The Morgan fingerprint density at radius 1 is 0.939 bits per heavy atom. The highest BCUT2D eigenvalue weighted by Gasteiger charge is 2.41. The summed E-state index contributed by atoms with van der Waals surface area (Å²) >= 11 is 0. The molecule has 2 atom stereocenters. The third kappa shape index (κ3) is 18.6. The fourth-order valence-corrected chi connectivity index (χ4v) is 4.18. The number of benzene rings is 1. The van der Waals surface area contributed by atoms with Crippen molar-refractivity contribution in [3.63, 3.8) is 0 Å². The highest BCUT2D eigenvalue weighted by Crippen LogP contribution is 2.26. The SMILES string of the molecule is CCC(=O)OCc1ccc(NC(=O)CNC(=O)C(NC(=O)CN2C(=O)CC(C(C)C)C2=O)C(C)C)cc1.CCCCN.CCCNC(N)=O. The zero-order chi connectivity index (χ0) is 37.5. The topological polar surface area (TPSA) is 232 Å². The molecule has 15 heteroatoms. The van der Waals surface area contributed by atoms with Crippen molar-refractivity contribution < 1.29 is 38.3 Å². The van der Waals surface area contributed by atoms with Gasteiger partial charge in [0.25, 0.3) is 0 Å². The van der Waals surface area contributed by atoms with Crippen molar-refractivity contribution in [2.75, 3.05) is 31.5 Å². The number of nitrogens with two attached hydrogens (primary N) is 2. The molecule has 49 heavy (non-hydrogen) atoms. The molecule has 0 spiro atoms. The van der Waals surface area contributed by atoms with Gasteiger partial charge in [-0.2, -0.15) is 0 Å². The fourth-order valence-electron chi connectivity index (χ4n) is 4.18. The van der Waals surface area contributed by atoms with E-state index in [1.807, 2.05) is 20.8 Å². The number of urea groups is 1. The van der Waals surface area contributed by atoms with Crippen molar-refractivity contribution in [2.24, 2.45) is 29.2 Å². The van der Waals surface area contributed by atoms with Gasteiger partial charge in [0.05, 0.1) is 6.54 Å². The number of likely N-dealkylation sites (tertiary alicyclic amines) is 1. The van der Waals surface area contributed by atoms with Crippen LogP contribution in [0.25, 0.3) is 0 Å². The van der Waals surface area contributed by atoms with Crippen molar-refractivity contribution in [1.82, 2.24) is 20.9 Å². The predicted octanol–water partition coefficient (Wildman–Crippen LogP) is 2.18. The van der Waals surface area contributed by atoms with E-state index in [9.17, 15) is 33.6 Å². The number of primary amides is 1. The average Bonchev–Trinajstić information content (AvgIpc) is 3.34. The molecule has 1 aliphatic heterocycles. The Hall–Kier alpha value is -4.53. The lowest BCUT2D eigenvalue weighted by molar-refractivity contribution is -0.145. The van der Waals surface area contributed by atoms with Gasteiger partial charge < -0.3 is 37.5 Å². The van der Waals surface area contributed by atoms with Gasteiger partial charge in [-0.1, -0.05) is 67.0 Å². The predicted molar refractivity (Wildman–Crippen MR) is 186 cm³/mol. The number of rotatable bonds is 16. The van der Waals surface area contributed by atoms with E-state index >= 15 is 0 Å². The molecule has 0 radical (unpaired) electrons. The van der Waals surface area contributed by atoms with Crippen molar-refractivity contribution in [3.8, 4) is 0 Å². The second-order valence-electron chi connectivity index (χ2n) is 12.1. The minimum absolute atomic E-state index is 0.0201. The maximum Gasteiger partial charge on any atom is 0.312 e. The molecular weight excluding hydrogens is 634 g/mol. The fraction of sp³-hybridized carbons (Fsp3) is 0.618. The first-order valence-electron chi connectivity index (χ1n) is 16.8. The molecule has 2 unspecified atom stereocenters. The van der Waals surface area contributed by atoms with Crippen LogP contribution in [0.3, 0.4) is 0 Å². The van der Waals surface area contributed by atoms with Crippen LogP contribution >= 0.6 is 0 Å². The molecule has 1 heterocycles. The van der Waals surface area contributed by atoms with Crippen LogP contribution in [0.2, 0.25) is 0 Å². The molecule has 1 aromatic carbocycles. The van der Waals surface area contributed by atoms with Crippen LogP contribution in [0.1, 0.15) is 86.1 Å². The number of anilines is 1. The third-order valence-electron chi connectivity index (χ3n) is 7.11. The van der Waals surface area contributed by atoms with Crippen molar-refractivity contribution in [3.05, 3.63) is 29.8 Å². The number of carbonyl (C=O) groups excluding carboxylic acids is 7. The number of carbonyl (C=O) groups is 7. The molecule has 8 N–H and O–H groups in total. The van der Waals surface area contributed by atoms with Gasteiger partial charge >= 0.3 is 12.0 Å². The molecule has 0 saturated carbocycles. The van der Waals surface area contributed by atoms with Gasteiger partial charge in [0.15, 0.2) is 0 Å². The molecule has 0 aliphatic carbocycles. The first-order chi connectivity index (χ1) is 23.1. The van der Waals surface area contributed by atoms with Gasteiger partial charge in [-0.15, -0.1) is 0 Å². The Morgan fingerprint density at radius 2 is 1.57 bits per heavy atom. The van der Waals surface area contributed by atoms with Gasteiger partial charge in [0.2, 0.25) is 29.5 Å². The van der Waals surface area contributed by atoms with E-state index in [4.69, 9.17) is 16.2 Å². The van der Waals surface area contributed by atoms with Gasteiger partial charge in [-0.05, 0) is 48.9 Å². The van der Waals surface area contributed by atoms with Gasteiger partial charge in [0, 0.05) is 31.0 Å². The van der Waals surface area contributed by atoms with Crippen LogP contribution in [0, 0.1) is 17.8 Å².